The van der Waals surface area contributed by atoms with Gasteiger partial charge in [0.1, 0.15) is 0 Å². The first-order valence-corrected chi connectivity index (χ1v) is 6.83. The molecule has 1 unspecified atom stereocenters. The van der Waals surface area contributed by atoms with Gasteiger partial charge in [-0.25, -0.2) is 4.79 Å². The van der Waals surface area contributed by atoms with Crippen molar-refractivity contribution in [3.63, 3.8) is 0 Å². The van der Waals surface area contributed by atoms with Gasteiger partial charge in [-0.1, -0.05) is 39.0 Å². The Kier molecular flexibility index (Phi) is 3.71. The Morgan fingerprint density at radius 1 is 1.50 bits per heavy atom. The third kappa shape index (κ3) is 2.62. The SMILES string of the molecule is CC(C)(C)C1c2cc(CC#N)ccc2CCN1C(=O)O. The summed E-state index contributed by atoms with van der Waals surface area (Å²) < 4.78 is 0. The van der Waals surface area contributed by atoms with Gasteiger partial charge >= 0.3 is 6.09 Å². The first kappa shape index (κ1) is 14.4. The van der Waals surface area contributed by atoms with Crippen molar-refractivity contribution in [3.05, 3.63) is 34.9 Å². The lowest BCUT2D eigenvalue weighted by Crippen LogP contribution is -2.44. The molecule has 0 saturated carbocycles. The predicted octanol–water partition coefficient (Wildman–Crippen LogP) is 3.38. The van der Waals surface area contributed by atoms with Crippen LogP contribution in [0.5, 0.6) is 0 Å². The second kappa shape index (κ2) is 5.16. The summed E-state index contributed by atoms with van der Waals surface area (Å²) in [6, 6.07) is 8.00. The number of fused-ring (bicyclic) bond motifs is 1. The van der Waals surface area contributed by atoms with E-state index < -0.39 is 6.09 Å². The topological polar surface area (TPSA) is 64.3 Å². The van der Waals surface area contributed by atoms with Crippen molar-refractivity contribution >= 4 is 6.09 Å². The summed E-state index contributed by atoms with van der Waals surface area (Å²) in [4.78, 5) is 13.0. The van der Waals surface area contributed by atoms with Gasteiger partial charge in [-0.2, -0.15) is 5.26 Å². The first-order valence-electron chi connectivity index (χ1n) is 6.83. The van der Waals surface area contributed by atoms with Gasteiger partial charge in [-0.3, -0.25) is 0 Å². The van der Waals surface area contributed by atoms with Crippen LogP contribution < -0.4 is 0 Å². The van der Waals surface area contributed by atoms with Gasteiger partial charge in [0, 0.05) is 6.54 Å². The third-order valence-electron chi connectivity index (χ3n) is 3.79. The standard InChI is InChI=1S/C16H20N2O2/c1-16(2,3)14-13-10-11(6-8-17)4-5-12(13)7-9-18(14)15(19)20/h4-5,10,14H,6-7,9H2,1-3H3,(H,19,20). The van der Waals surface area contributed by atoms with Crippen LogP contribution in [-0.4, -0.2) is 22.6 Å². The Balaban J connectivity index is 2.53. The maximum Gasteiger partial charge on any atom is 0.407 e. The maximum absolute atomic E-state index is 11.5. The minimum Gasteiger partial charge on any atom is -0.465 e. The Hall–Kier alpha value is -2.02. The van der Waals surface area contributed by atoms with Crippen LogP contribution >= 0.6 is 0 Å². The molecule has 1 N–H and O–H groups in total. The Morgan fingerprint density at radius 3 is 2.75 bits per heavy atom. The monoisotopic (exact) mass is 272 g/mol. The van der Waals surface area contributed by atoms with Crippen LogP contribution in [0.4, 0.5) is 4.79 Å². The number of amides is 1. The molecule has 4 nitrogen and oxygen atoms in total. The highest BCUT2D eigenvalue weighted by molar-refractivity contribution is 5.67. The van der Waals surface area contributed by atoms with Crippen LogP contribution in [0.2, 0.25) is 0 Å². The van der Waals surface area contributed by atoms with Gasteiger partial charge in [-0.15, -0.1) is 0 Å². The van der Waals surface area contributed by atoms with Crippen molar-refractivity contribution in [2.45, 2.75) is 39.7 Å². The number of hydrogen-bond acceptors (Lipinski definition) is 2. The van der Waals surface area contributed by atoms with E-state index in [2.05, 4.69) is 26.8 Å². The lowest BCUT2D eigenvalue weighted by molar-refractivity contribution is 0.0759. The predicted molar refractivity (Wildman–Crippen MR) is 76.4 cm³/mol. The van der Waals surface area contributed by atoms with Crippen molar-refractivity contribution in [2.24, 2.45) is 5.41 Å². The van der Waals surface area contributed by atoms with Crippen LogP contribution in [0.3, 0.4) is 0 Å². The molecule has 0 aromatic heterocycles. The molecule has 1 aromatic carbocycles. The largest absolute Gasteiger partial charge is 0.465 e. The quantitative estimate of drug-likeness (QED) is 0.852. The molecular formula is C16H20N2O2. The van der Waals surface area contributed by atoms with Gasteiger partial charge in [0.15, 0.2) is 0 Å². The molecule has 106 valence electrons. The molecule has 2 rings (SSSR count). The molecule has 0 bridgehead atoms. The second-order valence-corrected chi connectivity index (χ2v) is 6.36. The van der Waals surface area contributed by atoms with Crippen molar-refractivity contribution in [2.75, 3.05) is 6.54 Å². The lowest BCUT2D eigenvalue weighted by atomic mass is 9.76. The van der Waals surface area contributed by atoms with E-state index in [0.29, 0.717) is 13.0 Å². The summed E-state index contributed by atoms with van der Waals surface area (Å²) in [7, 11) is 0. The third-order valence-corrected chi connectivity index (χ3v) is 3.79. The van der Waals surface area contributed by atoms with E-state index in [1.165, 1.54) is 10.5 Å². The summed E-state index contributed by atoms with van der Waals surface area (Å²) in [6.07, 6.45) is 0.222. The zero-order chi connectivity index (χ0) is 14.9. The summed E-state index contributed by atoms with van der Waals surface area (Å²) in [5, 5.41) is 18.3. The average molecular weight is 272 g/mol. The van der Waals surface area contributed by atoms with Crippen molar-refractivity contribution < 1.29 is 9.90 Å². The minimum absolute atomic E-state index is 0.164. The van der Waals surface area contributed by atoms with Crippen molar-refractivity contribution in [1.29, 1.82) is 5.26 Å². The van der Waals surface area contributed by atoms with Crippen LogP contribution in [0.25, 0.3) is 0 Å². The Labute approximate surface area is 119 Å². The van der Waals surface area contributed by atoms with E-state index in [4.69, 9.17) is 5.26 Å². The van der Waals surface area contributed by atoms with E-state index in [9.17, 15) is 9.90 Å². The maximum atomic E-state index is 11.5. The first-order chi connectivity index (χ1) is 9.34. The molecule has 4 heteroatoms. The smallest absolute Gasteiger partial charge is 0.407 e. The summed E-state index contributed by atoms with van der Waals surface area (Å²) in [5.41, 5.74) is 3.02. The number of carboxylic acid groups (broad SMARTS) is 1. The highest BCUT2D eigenvalue weighted by atomic mass is 16.4. The number of benzene rings is 1. The fourth-order valence-corrected chi connectivity index (χ4v) is 3.01. The number of carbonyl (C=O) groups is 1. The van der Waals surface area contributed by atoms with E-state index in [-0.39, 0.29) is 11.5 Å². The second-order valence-electron chi connectivity index (χ2n) is 6.36. The van der Waals surface area contributed by atoms with Gasteiger partial charge in [0.2, 0.25) is 0 Å². The van der Waals surface area contributed by atoms with Gasteiger partial charge in [0.05, 0.1) is 18.5 Å². The van der Waals surface area contributed by atoms with Gasteiger partial charge < -0.3 is 10.0 Å². The lowest BCUT2D eigenvalue weighted by Gasteiger charge is -2.43. The summed E-state index contributed by atoms with van der Waals surface area (Å²) in [5.74, 6) is 0. The molecule has 20 heavy (non-hydrogen) atoms. The summed E-state index contributed by atoms with van der Waals surface area (Å²) in [6.45, 7) is 6.70. The van der Waals surface area contributed by atoms with E-state index >= 15 is 0 Å². The fourth-order valence-electron chi connectivity index (χ4n) is 3.01. The highest BCUT2D eigenvalue weighted by Gasteiger charge is 2.38. The minimum atomic E-state index is -0.874. The molecule has 0 saturated heterocycles. The average Bonchev–Trinajstić information content (AvgIpc) is 2.36. The van der Waals surface area contributed by atoms with Crippen LogP contribution in [0.1, 0.15) is 43.5 Å². The van der Waals surface area contributed by atoms with Gasteiger partial charge in [0.25, 0.3) is 0 Å². The molecule has 1 aliphatic rings. The normalized spacial score (nSPS) is 18.3. The molecule has 1 aromatic rings. The van der Waals surface area contributed by atoms with Crippen molar-refractivity contribution in [1.82, 2.24) is 4.90 Å². The van der Waals surface area contributed by atoms with Crippen molar-refractivity contribution in [3.8, 4) is 6.07 Å². The molecular weight excluding hydrogens is 252 g/mol. The number of nitriles is 1. The molecule has 0 radical (unpaired) electrons. The van der Waals surface area contributed by atoms with Crippen LogP contribution in [0, 0.1) is 16.7 Å². The molecule has 1 atom stereocenters. The number of rotatable bonds is 1. The van der Waals surface area contributed by atoms with E-state index in [0.717, 1.165) is 17.5 Å². The van der Waals surface area contributed by atoms with Gasteiger partial charge in [-0.05, 0) is 28.5 Å². The zero-order valence-corrected chi connectivity index (χ0v) is 12.2. The molecule has 0 spiro atoms. The van der Waals surface area contributed by atoms with E-state index in [1.807, 2.05) is 18.2 Å². The van der Waals surface area contributed by atoms with Crippen LogP contribution in [0.15, 0.2) is 18.2 Å². The molecule has 1 heterocycles. The fraction of sp³-hybridized carbons (Fsp3) is 0.500. The zero-order valence-electron chi connectivity index (χ0n) is 12.2. The molecule has 1 aliphatic heterocycles. The Bertz CT molecular complexity index is 567. The highest BCUT2D eigenvalue weighted by Crippen LogP contribution is 2.42. The van der Waals surface area contributed by atoms with E-state index in [1.54, 1.807) is 0 Å². The number of nitrogens with zero attached hydrogens (tertiary/aromatic N) is 2. The Morgan fingerprint density at radius 2 is 2.20 bits per heavy atom. The van der Waals surface area contributed by atoms with Crippen LogP contribution in [-0.2, 0) is 12.8 Å². The summed E-state index contributed by atoms with van der Waals surface area (Å²) >= 11 is 0. The molecule has 1 amide bonds. The number of hydrogen-bond donors (Lipinski definition) is 1. The molecule has 0 fully saturated rings. The molecule has 0 aliphatic carbocycles.